The van der Waals surface area contributed by atoms with Crippen molar-refractivity contribution in [2.75, 3.05) is 13.1 Å². The molecule has 6 rings (SSSR count). The molecule has 9 atom stereocenters. The number of aldehydes is 1. The fourth-order valence-corrected chi connectivity index (χ4v) is 13.2. The quantitative estimate of drug-likeness (QED) is 0.149. The standard InChI is InChI=1S/C44H64N2O7/c1-40(2,27-47)26-37(50)53-35-17-22-43(6)33(41(35,3)4)16-21-42(5)31-15-23-44(20-9-12-32(44)30(31)13-14-34(42)43)39(52)46-24-18-28-10-7-8-11-29(28)38(51)45-25-19-36(48)49/h7-8,10-11,27,30-35H,9,12-26H2,1-6H3,(H,45,51)(H,46,52)(H,48,49)/t30?,31?,32?,33?,34?,35-,42?,43-,44?/m0/s1. The highest BCUT2D eigenvalue weighted by molar-refractivity contribution is 5.95. The van der Waals surface area contributed by atoms with Crippen LogP contribution in [0.25, 0.3) is 0 Å². The number of hydrogen-bond donors (Lipinski definition) is 3. The molecule has 5 aliphatic carbocycles. The summed E-state index contributed by atoms with van der Waals surface area (Å²) in [7, 11) is 0. The van der Waals surface area contributed by atoms with Gasteiger partial charge in [-0.15, -0.1) is 0 Å². The number of benzene rings is 1. The van der Waals surface area contributed by atoms with Gasteiger partial charge in [-0.05, 0) is 123 Å². The van der Waals surface area contributed by atoms with Gasteiger partial charge in [0.05, 0.1) is 18.3 Å². The van der Waals surface area contributed by atoms with Crippen LogP contribution < -0.4 is 10.6 Å². The van der Waals surface area contributed by atoms with Gasteiger partial charge < -0.3 is 25.3 Å². The number of aliphatic carboxylic acids is 1. The van der Waals surface area contributed by atoms with Crippen molar-refractivity contribution in [2.45, 2.75) is 138 Å². The Morgan fingerprint density at radius 1 is 0.849 bits per heavy atom. The van der Waals surface area contributed by atoms with Gasteiger partial charge in [0.2, 0.25) is 5.91 Å². The van der Waals surface area contributed by atoms with Gasteiger partial charge in [-0.3, -0.25) is 19.2 Å². The maximum atomic E-state index is 14.3. The number of esters is 1. The van der Waals surface area contributed by atoms with Crippen LogP contribution in [0.15, 0.2) is 24.3 Å². The number of rotatable bonds is 12. The van der Waals surface area contributed by atoms with Crippen molar-refractivity contribution < 1.29 is 33.8 Å². The summed E-state index contributed by atoms with van der Waals surface area (Å²) in [5.74, 6) is 1.31. The zero-order valence-electron chi connectivity index (χ0n) is 33.1. The lowest BCUT2D eigenvalue weighted by Gasteiger charge is -2.69. The number of carboxylic acid groups (broad SMARTS) is 1. The summed E-state index contributed by atoms with van der Waals surface area (Å²) in [6, 6.07) is 7.36. The zero-order chi connectivity index (χ0) is 38.4. The molecule has 1 aromatic rings. The van der Waals surface area contributed by atoms with E-state index in [2.05, 4.69) is 38.3 Å². The molecule has 2 amide bonds. The Hall–Kier alpha value is -3.23. The molecule has 5 fully saturated rings. The predicted molar refractivity (Wildman–Crippen MR) is 203 cm³/mol. The first-order chi connectivity index (χ1) is 25.0. The van der Waals surface area contributed by atoms with Crippen molar-refractivity contribution in [3.8, 4) is 0 Å². The average molecular weight is 733 g/mol. The van der Waals surface area contributed by atoms with E-state index in [1.54, 1.807) is 26.0 Å². The Bertz CT molecular complexity index is 1590. The van der Waals surface area contributed by atoms with Crippen molar-refractivity contribution in [1.29, 1.82) is 0 Å². The number of fused-ring (bicyclic) bond motifs is 7. The average Bonchev–Trinajstić information content (AvgIpc) is 3.55. The van der Waals surface area contributed by atoms with Crippen LogP contribution in [0, 0.1) is 56.7 Å². The minimum Gasteiger partial charge on any atom is -0.481 e. The summed E-state index contributed by atoms with van der Waals surface area (Å²) in [5.41, 5.74) is 0.570. The van der Waals surface area contributed by atoms with Gasteiger partial charge in [-0.25, -0.2) is 0 Å². The van der Waals surface area contributed by atoms with E-state index in [1.807, 2.05) is 12.1 Å². The molecule has 5 aliphatic rings. The van der Waals surface area contributed by atoms with Gasteiger partial charge in [0, 0.05) is 29.5 Å². The summed E-state index contributed by atoms with van der Waals surface area (Å²) in [5, 5.41) is 15.0. The third-order valence-electron chi connectivity index (χ3n) is 15.7. The van der Waals surface area contributed by atoms with Gasteiger partial charge in [-0.1, -0.05) is 66.2 Å². The Kier molecular flexibility index (Phi) is 11.0. The van der Waals surface area contributed by atoms with Crippen LogP contribution in [-0.4, -0.2) is 54.3 Å². The monoisotopic (exact) mass is 732 g/mol. The second-order valence-electron chi connectivity index (χ2n) is 19.4. The normalized spacial score (nSPS) is 35.7. The summed E-state index contributed by atoms with van der Waals surface area (Å²) >= 11 is 0. The number of carbonyl (C=O) groups is 5. The molecule has 7 unspecified atom stereocenters. The SMILES string of the molecule is CC(C)(C=O)CC(=O)O[C@H]1CC[C@]2(C)C3CCC4C5CCCC5(C(=O)NCCc5ccccc5C(=O)NCCC(=O)O)CCC4C3(C)CCC2C1(C)C. The maximum absolute atomic E-state index is 14.3. The third kappa shape index (κ3) is 7.19. The fraction of sp³-hybridized carbons (Fsp3) is 0.750. The number of carboxylic acids is 1. The summed E-state index contributed by atoms with van der Waals surface area (Å²) < 4.78 is 6.19. The van der Waals surface area contributed by atoms with Crippen LogP contribution in [0.1, 0.15) is 141 Å². The lowest BCUT2D eigenvalue weighted by molar-refractivity contribution is -0.221. The van der Waals surface area contributed by atoms with E-state index >= 15 is 0 Å². The van der Waals surface area contributed by atoms with Crippen LogP contribution in [0.4, 0.5) is 0 Å². The first-order valence-corrected chi connectivity index (χ1v) is 20.5. The molecule has 1 aromatic carbocycles. The van der Waals surface area contributed by atoms with Gasteiger partial charge in [0.25, 0.3) is 5.91 Å². The van der Waals surface area contributed by atoms with Gasteiger partial charge in [0.1, 0.15) is 12.4 Å². The molecular formula is C44H64N2O7. The Labute approximate surface area is 316 Å². The zero-order valence-corrected chi connectivity index (χ0v) is 33.1. The van der Waals surface area contributed by atoms with E-state index in [4.69, 9.17) is 9.84 Å². The van der Waals surface area contributed by atoms with E-state index in [0.29, 0.717) is 48.1 Å². The highest BCUT2D eigenvalue weighted by Gasteiger charge is 2.67. The van der Waals surface area contributed by atoms with Crippen molar-refractivity contribution in [3.05, 3.63) is 35.4 Å². The Morgan fingerprint density at radius 2 is 1.58 bits per heavy atom. The molecule has 9 heteroatoms. The van der Waals surface area contributed by atoms with E-state index in [1.165, 1.54) is 19.3 Å². The third-order valence-corrected chi connectivity index (χ3v) is 15.7. The molecule has 3 N–H and O–H groups in total. The fourth-order valence-electron chi connectivity index (χ4n) is 13.2. The number of ether oxygens (including phenoxy) is 1. The first-order valence-electron chi connectivity index (χ1n) is 20.5. The largest absolute Gasteiger partial charge is 0.481 e. The van der Waals surface area contributed by atoms with E-state index < -0.39 is 11.4 Å². The van der Waals surface area contributed by atoms with Crippen molar-refractivity contribution in [3.63, 3.8) is 0 Å². The Balaban J connectivity index is 1.11. The number of nitrogens with one attached hydrogen (secondary N) is 2. The molecule has 0 radical (unpaired) electrons. The molecule has 292 valence electrons. The molecule has 9 nitrogen and oxygen atoms in total. The minimum atomic E-state index is -0.954. The highest BCUT2D eigenvalue weighted by atomic mass is 16.5. The van der Waals surface area contributed by atoms with E-state index in [9.17, 15) is 24.0 Å². The highest BCUT2D eigenvalue weighted by Crippen LogP contribution is 2.73. The van der Waals surface area contributed by atoms with Crippen molar-refractivity contribution in [2.24, 2.45) is 56.7 Å². The van der Waals surface area contributed by atoms with Gasteiger partial charge in [0.15, 0.2) is 0 Å². The Morgan fingerprint density at radius 3 is 2.32 bits per heavy atom. The lowest BCUT2D eigenvalue weighted by atomic mass is 9.36. The number of carbonyl (C=O) groups excluding carboxylic acids is 4. The topological polar surface area (TPSA) is 139 Å². The molecule has 0 bridgehead atoms. The van der Waals surface area contributed by atoms with Crippen LogP contribution >= 0.6 is 0 Å². The molecule has 5 saturated carbocycles. The second-order valence-corrected chi connectivity index (χ2v) is 19.4. The molecule has 0 spiro atoms. The molecule has 0 aliphatic heterocycles. The van der Waals surface area contributed by atoms with Crippen molar-refractivity contribution in [1.82, 2.24) is 10.6 Å². The first kappa shape index (κ1) is 39.5. The minimum absolute atomic E-state index is 0.0729. The van der Waals surface area contributed by atoms with Gasteiger partial charge >= 0.3 is 11.9 Å². The molecule has 53 heavy (non-hydrogen) atoms. The van der Waals surface area contributed by atoms with E-state index in [0.717, 1.165) is 63.2 Å². The van der Waals surface area contributed by atoms with Crippen LogP contribution in [0.3, 0.4) is 0 Å². The van der Waals surface area contributed by atoms with Crippen LogP contribution in [-0.2, 0) is 30.3 Å². The second kappa shape index (κ2) is 14.8. The molecule has 0 heterocycles. The number of amides is 2. The van der Waals surface area contributed by atoms with E-state index in [-0.39, 0.29) is 64.9 Å². The van der Waals surface area contributed by atoms with Crippen LogP contribution in [0.5, 0.6) is 0 Å². The molecule has 0 saturated heterocycles. The smallest absolute Gasteiger partial charge is 0.307 e. The summed E-state index contributed by atoms with van der Waals surface area (Å²) in [4.78, 5) is 62.5. The predicted octanol–water partition coefficient (Wildman–Crippen LogP) is 7.54. The lowest BCUT2D eigenvalue weighted by Crippen LogP contribution is -2.64. The summed E-state index contributed by atoms with van der Waals surface area (Å²) in [6.45, 7) is 13.9. The summed E-state index contributed by atoms with van der Waals surface area (Å²) in [6.07, 6.45) is 13.0. The molecule has 0 aromatic heterocycles. The number of hydrogen-bond acceptors (Lipinski definition) is 6. The van der Waals surface area contributed by atoms with Crippen molar-refractivity contribution >= 4 is 30.0 Å². The molecular weight excluding hydrogens is 668 g/mol. The maximum Gasteiger partial charge on any atom is 0.307 e. The van der Waals surface area contributed by atoms with Crippen LogP contribution in [0.2, 0.25) is 0 Å². The van der Waals surface area contributed by atoms with Gasteiger partial charge in [-0.2, -0.15) is 0 Å².